The van der Waals surface area contributed by atoms with Gasteiger partial charge in [0.25, 0.3) is 5.91 Å². The fourth-order valence-corrected chi connectivity index (χ4v) is 3.31. The van der Waals surface area contributed by atoms with Gasteiger partial charge < -0.3 is 5.32 Å². The minimum Gasteiger partial charge on any atom is -0.351 e. The molecule has 1 aromatic rings. The molecule has 0 atom stereocenters. The van der Waals surface area contributed by atoms with Gasteiger partial charge in [-0.3, -0.25) is 4.79 Å². The maximum atomic E-state index is 12.1. The molecule has 0 heterocycles. The Morgan fingerprint density at radius 3 is 2.72 bits per heavy atom. The maximum absolute atomic E-state index is 12.1. The molecule has 0 unspecified atom stereocenters. The molecule has 1 fully saturated rings. The molecule has 0 aliphatic heterocycles. The van der Waals surface area contributed by atoms with Gasteiger partial charge >= 0.3 is 0 Å². The molecular formula is C14H18BrNOS. The second-order valence-electron chi connectivity index (χ2n) is 4.89. The van der Waals surface area contributed by atoms with Crippen LogP contribution in [0.15, 0.2) is 22.7 Å². The van der Waals surface area contributed by atoms with Gasteiger partial charge in [0.15, 0.2) is 0 Å². The Morgan fingerprint density at radius 1 is 1.50 bits per heavy atom. The number of hydrogen-bond donors (Lipinski definition) is 1. The van der Waals surface area contributed by atoms with E-state index in [0.29, 0.717) is 4.75 Å². The summed E-state index contributed by atoms with van der Waals surface area (Å²) >= 11 is 5.33. The van der Waals surface area contributed by atoms with Gasteiger partial charge in [-0.25, -0.2) is 0 Å². The van der Waals surface area contributed by atoms with Crippen molar-refractivity contribution in [3.63, 3.8) is 0 Å². The van der Waals surface area contributed by atoms with Crippen LogP contribution in [0, 0.1) is 6.92 Å². The highest BCUT2D eigenvalue weighted by Crippen LogP contribution is 2.42. The number of halogens is 1. The van der Waals surface area contributed by atoms with E-state index in [1.165, 1.54) is 19.3 Å². The molecule has 1 saturated carbocycles. The van der Waals surface area contributed by atoms with Crippen LogP contribution in [-0.4, -0.2) is 23.5 Å². The number of carbonyl (C=O) groups is 1. The molecule has 0 aromatic heterocycles. The zero-order valence-electron chi connectivity index (χ0n) is 10.8. The van der Waals surface area contributed by atoms with Crippen LogP contribution in [0.25, 0.3) is 0 Å². The first kappa shape index (κ1) is 13.9. The van der Waals surface area contributed by atoms with Crippen LogP contribution in [0.1, 0.15) is 35.2 Å². The SMILES string of the molecule is CSC1(CNC(=O)c2ccc(Br)c(C)c2)CCC1. The predicted molar refractivity (Wildman–Crippen MR) is 81.3 cm³/mol. The van der Waals surface area contributed by atoms with E-state index in [4.69, 9.17) is 0 Å². The quantitative estimate of drug-likeness (QED) is 0.911. The van der Waals surface area contributed by atoms with Gasteiger partial charge in [0, 0.05) is 21.3 Å². The summed E-state index contributed by atoms with van der Waals surface area (Å²) in [5.41, 5.74) is 1.83. The zero-order chi connectivity index (χ0) is 13.2. The molecule has 0 spiro atoms. The van der Waals surface area contributed by atoms with E-state index in [1.807, 2.05) is 36.9 Å². The average molecular weight is 328 g/mol. The molecule has 1 amide bonds. The summed E-state index contributed by atoms with van der Waals surface area (Å²) in [6.07, 6.45) is 5.85. The van der Waals surface area contributed by atoms with E-state index in [-0.39, 0.29) is 5.91 Å². The van der Waals surface area contributed by atoms with Gasteiger partial charge in [0.05, 0.1) is 0 Å². The Kier molecular flexibility index (Phi) is 4.38. The van der Waals surface area contributed by atoms with Crippen molar-refractivity contribution in [1.29, 1.82) is 0 Å². The van der Waals surface area contributed by atoms with Crippen molar-refractivity contribution in [1.82, 2.24) is 5.32 Å². The monoisotopic (exact) mass is 327 g/mol. The van der Waals surface area contributed by atoms with E-state index in [2.05, 4.69) is 27.5 Å². The highest BCUT2D eigenvalue weighted by molar-refractivity contribution is 9.10. The van der Waals surface area contributed by atoms with Crippen LogP contribution in [-0.2, 0) is 0 Å². The number of nitrogens with one attached hydrogen (secondary N) is 1. The third-order valence-electron chi connectivity index (χ3n) is 3.69. The molecule has 98 valence electrons. The molecule has 0 bridgehead atoms. The minimum atomic E-state index is 0.0333. The molecule has 18 heavy (non-hydrogen) atoms. The standard InChI is InChI=1S/C14H18BrNOS/c1-10-8-11(4-5-12(10)15)13(17)16-9-14(18-2)6-3-7-14/h4-5,8H,3,6-7,9H2,1-2H3,(H,16,17). The van der Waals surface area contributed by atoms with Gasteiger partial charge in [0.2, 0.25) is 0 Å². The summed E-state index contributed by atoms with van der Waals surface area (Å²) in [6, 6.07) is 5.71. The minimum absolute atomic E-state index is 0.0333. The summed E-state index contributed by atoms with van der Waals surface area (Å²) in [6.45, 7) is 2.78. The lowest BCUT2D eigenvalue weighted by Crippen LogP contribution is -2.45. The Morgan fingerprint density at radius 2 is 2.22 bits per heavy atom. The van der Waals surface area contributed by atoms with Crippen LogP contribution >= 0.6 is 27.7 Å². The van der Waals surface area contributed by atoms with Crippen molar-refractivity contribution in [3.8, 4) is 0 Å². The lowest BCUT2D eigenvalue weighted by Gasteiger charge is -2.40. The van der Waals surface area contributed by atoms with Gasteiger partial charge in [0.1, 0.15) is 0 Å². The number of rotatable bonds is 4. The largest absolute Gasteiger partial charge is 0.351 e. The summed E-state index contributed by atoms with van der Waals surface area (Å²) in [4.78, 5) is 12.1. The Balaban J connectivity index is 1.97. The lowest BCUT2D eigenvalue weighted by atomic mass is 9.84. The second kappa shape index (κ2) is 5.66. The molecule has 0 saturated heterocycles. The fourth-order valence-electron chi connectivity index (χ4n) is 2.15. The fraction of sp³-hybridized carbons (Fsp3) is 0.500. The number of carbonyl (C=O) groups excluding carboxylic acids is 1. The third-order valence-corrected chi connectivity index (χ3v) is 6.00. The normalized spacial score (nSPS) is 17.1. The molecule has 1 aliphatic carbocycles. The molecule has 1 aromatic carbocycles. The maximum Gasteiger partial charge on any atom is 0.251 e. The zero-order valence-corrected chi connectivity index (χ0v) is 13.2. The van der Waals surface area contributed by atoms with Crippen molar-refractivity contribution in [2.75, 3.05) is 12.8 Å². The van der Waals surface area contributed by atoms with Crippen molar-refractivity contribution < 1.29 is 4.79 Å². The molecular weight excluding hydrogens is 310 g/mol. The van der Waals surface area contributed by atoms with Crippen molar-refractivity contribution in [3.05, 3.63) is 33.8 Å². The van der Waals surface area contributed by atoms with Gasteiger partial charge in [-0.2, -0.15) is 11.8 Å². The first-order valence-electron chi connectivity index (χ1n) is 6.16. The highest BCUT2D eigenvalue weighted by atomic mass is 79.9. The molecule has 1 aliphatic rings. The lowest BCUT2D eigenvalue weighted by molar-refractivity contribution is 0.0944. The van der Waals surface area contributed by atoms with Gasteiger partial charge in [-0.05, 0) is 49.8 Å². The van der Waals surface area contributed by atoms with Crippen LogP contribution < -0.4 is 5.32 Å². The second-order valence-corrected chi connectivity index (χ2v) is 7.02. The van der Waals surface area contributed by atoms with Gasteiger partial charge in [-0.15, -0.1) is 0 Å². The van der Waals surface area contributed by atoms with Crippen LogP contribution in [0.4, 0.5) is 0 Å². The number of amides is 1. The number of thioether (sulfide) groups is 1. The van der Waals surface area contributed by atoms with E-state index < -0.39 is 0 Å². The van der Waals surface area contributed by atoms with E-state index in [0.717, 1.165) is 22.1 Å². The number of hydrogen-bond acceptors (Lipinski definition) is 2. The predicted octanol–water partition coefficient (Wildman–Crippen LogP) is 3.77. The van der Waals surface area contributed by atoms with Crippen molar-refractivity contribution >= 4 is 33.6 Å². The van der Waals surface area contributed by atoms with Crippen LogP contribution in [0.3, 0.4) is 0 Å². The smallest absolute Gasteiger partial charge is 0.251 e. The Labute approximate surface area is 121 Å². The number of benzene rings is 1. The highest BCUT2D eigenvalue weighted by Gasteiger charge is 2.36. The third kappa shape index (κ3) is 2.91. The molecule has 2 nitrogen and oxygen atoms in total. The van der Waals surface area contributed by atoms with Crippen molar-refractivity contribution in [2.45, 2.75) is 30.9 Å². The van der Waals surface area contributed by atoms with Crippen molar-refractivity contribution in [2.24, 2.45) is 0 Å². The van der Waals surface area contributed by atoms with Crippen LogP contribution in [0.5, 0.6) is 0 Å². The summed E-state index contributed by atoms with van der Waals surface area (Å²) in [5.74, 6) is 0.0333. The van der Waals surface area contributed by atoms with E-state index in [9.17, 15) is 4.79 Å². The summed E-state index contributed by atoms with van der Waals surface area (Å²) in [5, 5.41) is 3.06. The molecule has 1 N–H and O–H groups in total. The first-order valence-corrected chi connectivity index (χ1v) is 8.18. The summed E-state index contributed by atoms with van der Waals surface area (Å²) < 4.78 is 1.33. The average Bonchev–Trinajstić information content (AvgIpc) is 2.31. The first-order chi connectivity index (χ1) is 8.56. The Bertz CT molecular complexity index is 452. The summed E-state index contributed by atoms with van der Waals surface area (Å²) in [7, 11) is 0. The van der Waals surface area contributed by atoms with Crippen LogP contribution in [0.2, 0.25) is 0 Å². The topological polar surface area (TPSA) is 29.1 Å². The molecule has 0 radical (unpaired) electrons. The van der Waals surface area contributed by atoms with E-state index in [1.54, 1.807) is 0 Å². The van der Waals surface area contributed by atoms with E-state index >= 15 is 0 Å². The Hall–Kier alpha value is -0.480. The molecule has 4 heteroatoms. The van der Waals surface area contributed by atoms with Gasteiger partial charge in [-0.1, -0.05) is 22.4 Å². The number of aryl methyl sites for hydroxylation is 1. The molecule has 2 rings (SSSR count).